The predicted octanol–water partition coefficient (Wildman–Crippen LogP) is 8.62. The number of aliphatic hydroxyl groups is 3. The van der Waals surface area contributed by atoms with Crippen molar-refractivity contribution in [2.24, 2.45) is 5.73 Å². The lowest BCUT2D eigenvalue weighted by Crippen LogP contribution is -2.40. The van der Waals surface area contributed by atoms with Gasteiger partial charge in [0, 0.05) is 100 Å². The van der Waals surface area contributed by atoms with Gasteiger partial charge in [-0.3, -0.25) is 34.1 Å². The largest absolute Gasteiger partial charge is 0.504 e. The van der Waals surface area contributed by atoms with Crippen LogP contribution in [0.25, 0.3) is 0 Å². The molecule has 3 aromatic carbocycles. The lowest BCUT2D eigenvalue weighted by molar-refractivity contribution is -0.121. The lowest BCUT2D eigenvalue weighted by atomic mass is 10.1. The van der Waals surface area contributed by atoms with E-state index in [1.54, 1.807) is 30.3 Å². The number of benzene rings is 3. The Bertz CT molecular complexity index is 2350. The average molecular weight is 920 g/mol. The first kappa shape index (κ1) is 49.7. The third-order valence-electron chi connectivity index (χ3n) is 9.99. The van der Waals surface area contributed by atoms with E-state index >= 15 is 0 Å². The molecule has 4 aromatic rings. The fraction of sp³-hybridized carbons (Fsp3) is 0.289. The van der Waals surface area contributed by atoms with Crippen LogP contribution in [-0.2, 0) is 39.3 Å². The topological polar surface area (TPSA) is 161 Å². The highest BCUT2D eigenvalue weighted by atomic mass is 19.4. The van der Waals surface area contributed by atoms with E-state index in [4.69, 9.17) is 10.7 Å². The van der Waals surface area contributed by atoms with Crippen molar-refractivity contribution < 1.29 is 69.2 Å². The summed E-state index contributed by atoms with van der Waals surface area (Å²) in [6.45, 7) is 2.17. The van der Waals surface area contributed by atoms with Gasteiger partial charge in [0.2, 0.25) is 17.3 Å². The van der Waals surface area contributed by atoms with Crippen LogP contribution in [0.2, 0.25) is 0 Å². The van der Waals surface area contributed by atoms with Crippen LogP contribution in [-0.4, -0.2) is 97.1 Å². The number of ketones is 3. The van der Waals surface area contributed by atoms with E-state index in [9.17, 15) is 69.2 Å². The Morgan fingerprint density at radius 2 is 0.815 bits per heavy atom. The zero-order chi connectivity index (χ0) is 47.7. The van der Waals surface area contributed by atoms with Crippen LogP contribution in [0.1, 0.15) is 64.7 Å². The van der Waals surface area contributed by atoms with Crippen LogP contribution in [0.15, 0.2) is 120 Å². The number of halogens is 9. The van der Waals surface area contributed by atoms with Crippen molar-refractivity contribution in [3.8, 4) is 0 Å². The van der Waals surface area contributed by atoms with Gasteiger partial charge in [-0.2, -0.15) is 39.5 Å². The number of fused-ring (bicyclic) bond motifs is 2. The summed E-state index contributed by atoms with van der Waals surface area (Å²) in [7, 11) is 0. The highest BCUT2D eigenvalue weighted by Crippen LogP contribution is 2.27. The average Bonchev–Trinajstić information content (AvgIpc) is 3.23. The van der Waals surface area contributed by atoms with Crippen LogP contribution in [0.5, 0.6) is 0 Å². The Balaban J connectivity index is 1.49. The Labute approximate surface area is 366 Å². The van der Waals surface area contributed by atoms with Gasteiger partial charge in [-0.25, -0.2) is 0 Å². The fourth-order valence-corrected chi connectivity index (χ4v) is 6.83. The molecule has 0 aliphatic carbocycles. The molecule has 5 N–H and O–H groups in total. The number of nitrogens with zero attached hydrogens (tertiary/aromatic N) is 4. The van der Waals surface area contributed by atoms with Crippen LogP contribution < -0.4 is 5.73 Å². The van der Waals surface area contributed by atoms with Gasteiger partial charge in [-0.05, 0) is 52.6 Å². The summed E-state index contributed by atoms with van der Waals surface area (Å²) in [6.07, 6.45) is -15.1. The summed E-state index contributed by atoms with van der Waals surface area (Å²) in [4.78, 5) is 48.9. The van der Waals surface area contributed by atoms with Crippen LogP contribution in [0.4, 0.5) is 39.5 Å². The molecule has 0 spiro atoms. The lowest BCUT2D eigenvalue weighted by Gasteiger charge is -2.32. The molecule has 0 fully saturated rings. The summed E-state index contributed by atoms with van der Waals surface area (Å²) in [5.74, 6) is -9.41. The highest BCUT2D eigenvalue weighted by molar-refractivity contribution is 6.06. The molecule has 0 amide bonds. The molecule has 1 aliphatic rings. The van der Waals surface area contributed by atoms with Crippen LogP contribution in [0, 0.1) is 0 Å². The maximum atomic E-state index is 13.0. The van der Waals surface area contributed by atoms with Crippen molar-refractivity contribution in [2.45, 2.75) is 57.8 Å². The van der Waals surface area contributed by atoms with Gasteiger partial charge in [0.1, 0.15) is 0 Å². The molecule has 0 saturated heterocycles. The van der Waals surface area contributed by atoms with Gasteiger partial charge in [0.25, 0.3) is 0 Å². The number of carbonyl (C=O) groups excluding carboxylic acids is 3. The smallest absolute Gasteiger partial charge is 0.448 e. The molecule has 2 bridgehead atoms. The summed E-state index contributed by atoms with van der Waals surface area (Å²) in [5.41, 5.74) is 9.18. The van der Waals surface area contributed by atoms with Crippen molar-refractivity contribution >= 4 is 17.3 Å². The number of aromatic nitrogens is 1. The predicted molar refractivity (Wildman–Crippen MR) is 218 cm³/mol. The molecule has 1 aromatic heterocycles. The molecule has 0 saturated carbocycles. The Morgan fingerprint density at radius 1 is 0.508 bits per heavy atom. The van der Waals surface area contributed by atoms with Gasteiger partial charge in [0.05, 0.1) is 11.4 Å². The van der Waals surface area contributed by atoms with E-state index in [-0.39, 0.29) is 74.2 Å². The van der Waals surface area contributed by atoms with E-state index in [0.29, 0.717) is 54.3 Å². The number of pyridine rings is 1. The monoisotopic (exact) mass is 919 g/mol. The molecule has 5 rings (SSSR count). The fourth-order valence-electron chi connectivity index (χ4n) is 6.83. The molecule has 0 radical (unpaired) electrons. The minimum Gasteiger partial charge on any atom is -0.504 e. The summed E-state index contributed by atoms with van der Waals surface area (Å²) in [6, 6.07) is 21.1. The second-order valence-electron chi connectivity index (χ2n) is 15.1. The molecule has 20 heteroatoms. The molecule has 11 nitrogen and oxygen atoms in total. The summed E-state index contributed by atoms with van der Waals surface area (Å²) >= 11 is 0. The van der Waals surface area contributed by atoms with E-state index < -0.39 is 53.2 Å². The van der Waals surface area contributed by atoms with Gasteiger partial charge < -0.3 is 21.1 Å². The van der Waals surface area contributed by atoms with Crippen molar-refractivity contribution in [1.82, 2.24) is 19.7 Å². The van der Waals surface area contributed by atoms with Gasteiger partial charge in [-0.1, -0.05) is 54.6 Å². The third kappa shape index (κ3) is 14.8. The first-order valence-electron chi connectivity index (χ1n) is 19.7. The van der Waals surface area contributed by atoms with Gasteiger partial charge >= 0.3 is 18.5 Å². The van der Waals surface area contributed by atoms with E-state index in [2.05, 4.69) is 0 Å². The Morgan fingerprint density at radius 3 is 1.12 bits per heavy atom. The van der Waals surface area contributed by atoms with Crippen molar-refractivity contribution in [2.75, 3.05) is 26.2 Å². The maximum absolute atomic E-state index is 13.0. The number of rotatable bonds is 13. The third-order valence-corrected chi connectivity index (χ3v) is 9.99. The van der Waals surface area contributed by atoms with E-state index in [1.807, 2.05) is 14.7 Å². The zero-order valence-electron chi connectivity index (χ0n) is 34.2. The molecule has 1 aliphatic heterocycles. The van der Waals surface area contributed by atoms with Crippen molar-refractivity contribution in [1.29, 1.82) is 0 Å². The van der Waals surface area contributed by atoms with Crippen molar-refractivity contribution in [3.63, 3.8) is 0 Å². The van der Waals surface area contributed by atoms with Crippen LogP contribution in [0.3, 0.4) is 0 Å². The summed E-state index contributed by atoms with van der Waals surface area (Å²) < 4.78 is 117. The molecule has 65 heavy (non-hydrogen) atoms. The maximum Gasteiger partial charge on any atom is 0.448 e. The highest BCUT2D eigenvalue weighted by Gasteiger charge is 2.36. The minimum atomic E-state index is -5.14. The van der Waals surface area contributed by atoms with E-state index in [0.717, 1.165) is 5.56 Å². The number of carbonyl (C=O) groups is 3. The molecular weight excluding hydrogens is 878 g/mol. The van der Waals surface area contributed by atoms with E-state index in [1.165, 1.54) is 54.6 Å². The SMILES string of the molecule is NCc1cc2nc(c1)CN(Cc1cccc(C(=O)/C=C(\O)C(F)(F)F)c1)CCN(Cc1cccc(C(=O)/C=C(\O)C(F)(F)F)c1)CCN(Cc1cccc(C(=O)/C=C(\O)C(F)(F)F)c1)C2. The van der Waals surface area contributed by atoms with Crippen LogP contribution >= 0.6 is 0 Å². The standard InChI is InChI=1S/C45H42F9N5O6/c46-43(47,48)40(63)19-37(60)32-7-1-4-28(14-32)23-57-10-12-58(24-29-5-2-8-33(15-29)38(61)20-41(64)44(49,50)51)26-35-17-31(22-55)18-36(56-35)27-59(13-11-57)25-30-6-3-9-34(16-30)39(62)21-42(65)45(52,53)54/h1-9,14-21,63-65H,10-13,22-27,55H2/b40-19-,41-20-,42-21-. The first-order chi connectivity index (χ1) is 30.5. The Hall–Kier alpha value is -6.35. The number of allylic oxidation sites excluding steroid dienone is 6. The molecule has 0 unspecified atom stereocenters. The minimum absolute atomic E-state index is 0.0830. The van der Waals surface area contributed by atoms with Crippen molar-refractivity contribution in [3.05, 3.63) is 171 Å². The first-order valence-corrected chi connectivity index (χ1v) is 19.7. The second kappa shape index (κ2) is 21.1. The normalized spacial score (nSPS) is 15.9. The second-order valence-corrected chi connectivity index (χ2v) is 15.1. The quantitative estimate of drug-likeness (QED) is 0.0440. The number of aliphatic hydroxyl groups excluding tert-OH is 3. The molecule has 2 heterocycles. The Kier molecular flexibility index (Phi) is 16.1. The number of nitrogens with two attached hydrogens (primary N) is 1. The number of hydrogen-bond donors (Lipinski definition) is 4. The zero-order valence-corrected chi connectivity index (χ0v) is 34.2. The van der Waals surface area contributed by atoms with Gasteiger partial charge in [0.15, 0.2) is 17.3 Å². The number of alkyl halides is 9. The number of hydrogen-bond acceptors (Lipinski definition) is 11. The molecule has 346 valence electrons. The molecule has 0 atom stereocenters. The van der Waals surface area contributed by atoms with Gasteiger partial charge in [-0.15, -0.1) is 0 Å². The summed E-state index contributed by atoms with van der Waals surface area (Å²) in [5, 5.41) is 28.1. The molecular formula is C45H42F9N5O6.